The lowest BCUT2D eigenvalue weighted by Crippen LogP contribution is -2.18. The molecule has 2 rings (SSSR count). The molecule has 4 nitrogen and oxygen atoms in total. The Bertz CT molecular complexity index is 590. The Morgan fingerprint density at radius 3 is 2.55 bits per heavy atom. The fourth-order valence-electron chi connectivity index (χ4n) is 1.99. The molecule has 1 aromatic carbocycles. The molecule has 2 aromatic rings. The van der Waals surface area contributed by atoms with Gasteiger partial charge < -0.3 is 14.4 Å². The SMILES string of the molecule is COc1ccc(CN(C)c2ncccc2Br)cc1OC. The fraction of sp³-hybridized carbons (Fsp3) is 0.267. The highest BCUT2D eigenvalue weighted by atomic mass is 79.9. The Balaban J connectivity index is 2.20. The normalized spacial score (nSPS) is 10.2. The molecule has 0 aliphatic rings. The molecule has 0 aliphatic carbocycles. The van der Waals surface area contributed by atoms with Crippen LogP contribution in [-0.2, 0) is 6.54 Å². The second kappa shape index (κ2) is 6.61. The smallest absolute Gasteiger partial charge is 0.161 e. The third-order valence-corrected chi connectivity index (χ3v) is 3.59. The van der Waals surface area contributed by atoms with E-state index in [9.17, 15) is 0 Å². The number of anilines is 1. The quantitative estimate of drug-likeness (QED) is 0.836. The van der Waals surface area contributed by atoms with Crippen LogP contribution in [0.5, 0.6) is 11.5 Å². The highest BCUT2D eigenvalue weighted by Crippen LogP contribution is 2.29. The number of nitrogens with zero attached hydrogens (tertiary/aromatic N) is 2. The predicted octanol–water partition coefficient (Wildman–Crippen LogP) is 3.50. The van der Waals surface area contributed by atoms with E-state index in [4.69, 9.17) is 9.47 Å². The second-order valence-corrected chi connectivity index (χ2v) is 5.21. The van der Waals surface area contributed by atoms with Crippen molar-refractivity contribution >= 4 is 21.7 Å². The van der Waals surface area contributed by atoms with Gasteiger partial charge in [0, 0.05) is 19.8 Å². The van der Waals surface area contributed by atoms with Crippen molar-refractivity contribution in [2.75, 3.05) is 26.2 Å². The van der Waals surface area contributed by atoms with E-state index in [0.717, 1.165) is 33.9 Å². The number of methoxy groups -OCH3 is 2. The number of ether oxygens (including phenoxy) is 2. The van der Waals surface area contributed by atoms with Crippen LogP contribution in [-0.4, -0.2) is 26.3 Å². The first kappa shape index (κ1) is 14.7. The van der Waals surface area contributed by atoms with Crippen molar-refractivity contribution in [2.45, 2.75) is 6.54 Å². The average Bonchev–Trinajstić information content (AvgIpc) is 2.47. The van der Waals surface area contributed by atoms with Gasteiger partial charge in [0.2, 0.25) is 0 Å². The molecule has 0 radical (unpaired) electrons. The zero-order chi connectivity index (χ0) is 14.5. The largest absolute Gasteiger partial charge is 0.493 e. The Kier molecular flexibility index (Phi) is 4.84. The van der Waals surface area contributed by atoms with Crippen LogP contribution in [0.2, 0.25) is 0 Å². The van der Waals surface area contributed by atoms with Gasteiger partial charge in [-0.3, -0.25) is 0 Å². The van der Waals surface area contributed by atoms with Gasteiger partial charge in [-0.2, -0.15) is 0 Å². The lowest BCUT2D eigenvalue weighted by molar-refractivity contribution is 0.354. The van der Waals surface area contributed by atoms with Crippen LogP contribution in [0.4, 0.5) is 5.82 Å². The van der Waals surface area contributed by atoms with Crippen LogP contribution in [0.15, 0.2) is 41.0 Å². The summed E-state index contributed by atoms with van der Waals surface area (Å²) in [7, 11) is 5.28. The van der Waals surface area contributed by atoms with E-state index in [1.54, 1.807) is 20.4 Å². The maximum atomic E-state index is 5.32. The highest BCUT2D eigenvalue weighted by molar-refractivity contribution is 9.10. The van der Waals surface area contributed by atoms with Gasteiger partial charge in [-0.05, 0) is 45.8 Å². The third-order valence-electron chi connectivity index (χ3n) is 2.97. The summed E-state index contributed by atoms with van der Waals surface area (Å²) in [4.78, 5) is 6.45. The Morgan fingerprint density at radius 2 is 1.90 bits per heavy atom. The van der Waals surface area contributed by atoms with Crippen LogP contribution in [0, 0.1) is 0 Å². The number of aromatic nitrogens is 1. The average molecular weight is 337 g/mol. The molecule has 0 saturated heterocycles. The number of hydrogen-bond donors (Lipinski definition) is 0. The molecule has 20 heavy (non-hydrogen) atoms. The Hall–Kier alpha value is -1.75. The van der Waals surface area contributed by atoms with E-state index < -0.39 is 0 Å². The molecule has 1 aromatic heterocycles. The molecule has 0 saturated carbocycles. The summed E-state index contributed by atoms with van der Waals surface area (Å²) < 4.78 is 11.5. The van der Waals surface area contributed by atoms with Crippen LogP contribution in [0.3, 0.4) is 0 Å². The molecular weight excluding hydrogens is 320 g/mol. The van der Waals surface area contributed by atoms with Gasteiger partial charge in [0.1, 0.15) is 5.82 Å². The zero-order valence-electron chi connectivity index (χ0n) is 11.8. The first-order valence-electron chi connectivity index (χ1n) is 6.18. The molecular formula is C15H17BrN2O2. The van der Waals surface area contributed by atoms with Gasteiger partial charge in [-0.25, -0.2) is 4.98 Å². The van der Waals surface area contributed by atoms with Gasteiger partial charge in [0.25, 0.3) is 0 Å². The number of pyridine rings is 1. The van der Waals surface area contributed by atoms with Crippen LogP contribution >= 0.6 is 15.9 Å². The summed E-state index contributed by atoms with van der Waals surface area (Å²) in [5.41, 5.74) is 1.13. The number of hydrogen-bond acceptors (Lipinski definition) is 4. The van der Waals surface area contributed by atoms with E-state index in [2.05, 4.69) is 25.8 Å². The minimum atomic E-state index is 0.732. The van der Waals surface area contributed by atoms with Crippen LogP contribution < -0.4 is 14.4 Å². The van der Waals surface area contributed by atoms with Gasteiger partial charge in [0.05, 0.1) is 18.7 Å². The zero-order valence-corrected chi connectivity index (χ0v) is 13.3. The van der Waals surface area contributed by atoms with Crippen molar-refractivity contribution in [1.82, 2.24) is 4.98 Å². The molecule has 1 heterocycles. The Morgan fingerprint density at radius 1 is 1.15 bits per heavy atom. The standard InChI is InChI=1S/C15H17BrN2O2/c1-18(15-12(16)5-4-8-17-15)10-11-6-7-13(19-2)14(9-11)20-3/h4-9H,10H2,1-3H3. The summed E-state index contributed by atoms with van der Waals surface area (Å²) in [6.07, 6.45) is 1.78. The van der Waals surface area contributed by atoms with Gasteiger partial charge in [-0.15, -0.1) is 0 Å². The monoisotopic (exact) mass is 336 g/mol. The molecule has 0 fully saturated rings. The lowest BCUT2D eigenvalue weighted by Gasteiger charge is -2.20. The molecule has 0 atom stereocenters. The first-order chi connectivity index (χ1) is 9.65. The van der Waals surface area contributed by atoms with Crippen LogP contribution in [0.25, 0.3) is 0 Å². The minimum Gasteiger partial charge on any atom is -0.493 e. The minimum absolute atomic E-state index is 0.732. The summed E-state index contributed by atoms with van der Waals surface area (Å²) >= 11 is 3.51. The summed E-state index contributed by atoms with van der Waals surface area (Å²) in [6, 6.07) is 9.79. The molecule has 0 bridgehead atoms. The molecule has 0 amide bonds. The van der Waals surface area contributed by atoms with E-state index in [-0.39, 0.29) is 0 Å². The van der Waals surface area contributed by atoms with Crippen LogP contribution in [0.1, 0.15) is 5.56 Å². The van der Waals surface area contributed by atoms with E-state index in [1.165, 1.54) is 0 Å². The highest BCUT2D eigenvalue weighted by Gasteiger charge is 2.09. The van der Waals surface area contributed by atoms with Crippen molar-refractivity contribution in [1.29, 1.82) is 0 Å². The van der Waals surface area contributed by atoms with E-state index >= 15 is 0 Å². The number of benzene rings is 1. The van der Waals surface area contributed by atoms with E-state index in [0.29, 0.717) is 0 Å². The molecule has 0 spiro atoms. The van der Waals surface area contributed by atoms with Crippen molar-refractivity contribution in [3.8, 4) is 11.5 Å². The second-order valence-electron chi connectivity index (χ2n) is 4.35. The Labute approximate surface area is 127 Å². The molecule has 0 N–H and O–H groups in total. The summed E-state index contributed by atoms with van der Waals surface area (Å²) in [5, 5.41) is 0. The maximum absolute atomic E-state index is 5.32. The molecule has 106 valence electrons. The lowest BCUT2D eigenvalue weighted by atomic mass is 10.2. The number of rotatable bonds is 5. The maximum Gasteiger partial charge on any atom is 0.161 e. The topological polar surface area (TPSA) is 34.6 Å². The summed E-state index contributed by atoms with van der Waals surface area (Å²) in [6.45, 7) is 0.732. The number of halogens is 1. The predicted molar refractivity (Wildman–Crippen MR) is 83.6 cm³/mol. The van der Waals surface area contributed by atoms with Crippen molar-refractivity contribution in [3.05, 3.63) is 46.6 Å². The van der Waals surface area contributed by atoms with Gasteiger partial charge in [0.15, 0.2) is 11.5 Å². The van der Waals surface area contributed by atoms with Gasteiger partial charge in [-0.1, -0.05) is 6.07 Å². The molecule has 0 unspecified atom stereocenters. The molecule has 5 heteroatoms. The summed E-state index contributed by atoms with van der Waals surface area (Å²) in [5.74, 6) is 2.37. The van der Waals surface area contributed by atoms with Gasteiger partial charge >= 0.3 is 0 Å². The van der Waals surface area contributed by atoms with Crippen molar-refractivity contribution in [3.63, 3.8) is 0 Å². The molecule has 0 aliphatic heterocycles. The van der Waals surface area contributed by atoms with Crippen molar-refractivity contribution in [2.24, 2.45) is 0 Å². The van der Waals surface area contributed by atoms with Crippen molar-refractivity contribution < 1.29 is 9.47 Å². The fourth-order valence-corrected chi connectivity index (χ4v) is 2.54. The third kappa shape index (κ3) is 3.22. The van der Waals surface area contributed by atoms with E-state index in [1.807, 2.05) is 37.4 Å². The first-order valence-corrected chi connectivity index (χ1v) is 6.97.